The van der Waals surface area contributed by atoms with E-state index in [2.05, 4.69) is 22.6 Å². The molecule has 2 rings (SSSR count). The molecule has 2 aromatic rings. The summed E-state index contributed by atoms with van der Waals surface area (Å²) in [4.78, 5) is 0. The minimum absolute atomic E-state index is 0.328. The lowest BCUT2D eigenvalue weighted by molar-refractivity contribution is 0.624. The van der Waals surface area contributed by atoms with Crippen LogP contribution in [-0.2, 0) is 0 Å². The summed E-state index contributed by atoms with van der Waals surface area (Å²) in [6.45, 7) is 0. The summed E-state index contributed by atoms with van der Waals surface area (Å²) in [7, 11) is 0. The maximum absolute atomic E-state index is 13.6. The average Bonchev–Trinajstić information content (AvgIpc) is 2.39. The number of nitriles is 1. The second kappa shape index (κ2) is 5.78. The van der Waals surface area contributed by atoms with E-state index in [1.165, 1.54) is 6.07 Å². The molecule has 0 bridgehead atoms. The molecular formula is C15H9FIN. The van der Waals surface area contributed by atoms with Crippen molar-refractivity contribution in [3.05, 3.63) is 69.0 Å². The van der Waals surface area contributed by atoms with Crippen molar-refractivity contribution < 1.29 is 4.39 Å². The number of nitrogens with zero attached hydrogens (tertiary/aromatic N) is 1. The third-order valence-electron chi connectivity index (χ3n) is 2.47. The molecule has 0 atom stereocenters. The molecule has 0 aliphatic rings. The highest BCUT2D eigenvalue weighted by molar-refractivity contribution is 14.1. The molecule has 0 aromatic heterocycles. The summed E-state index contributed by atoms with van der Waals surface area (Å²) in [6.07, 6.45) is 1.69. The van der Waals surface area contributed by atoms with Crippen molar-refractivity contribution in [2.45, 2.75) is 0 Å². The summed E-state index contributed by atoms with van der Waals surface area (Å²) in [5.74, 6) is -0.379. The van der Waals surface area contributed by atoms with Crippen molar-refractivity contribution in [1.82, 2.24) is 0 Å². The van der Waals surface area contributed by atoms with Gasteiger partial charge in [-0.1, -0.05) is 30.3 Å². The molecule has 0 amide bonds. The van der Waals surface area contributed by atoms with Gasteiger partial charge in [-0.05, 0) is 52.4 Å². The maximum Gasteiger partial charge on any atom is 0.131 e. The summed E-state index contributed by atoms with van der Waals surface area (Å²) in [5.41, 5.74) is 1.54. The SMILES string of the molecule is N#CC(=Cc1ccc(I)cc1)c1ccccc1F. The molecule has 0 aliphatic carbocycles. The maximum atomic E-state index is 13.6. The van der Waals surface area contributed by atoms with Crippen molar-refractivity contribution in [3.8, 4) is 6.07 Å². The van der Waals surface area contributed by atoms with Gasteiger partial charge in [0, 0.05) is 9.13 Å². The summed E-state index contributed by atoms with van der Waals surface area (Å²) < 4.78 is 14.7. The van der Waals surface area contributed by atoms with Gasteiger partial charge in [-0.2, -0.15) is 5.26 Å². The molecule has 0 unspecified atom stereocenters. The van der Waals surface area contributed by atoms with Crippen molar-refractivity contribution in [3.63, 3.8) is 0 Å². The molecule has 0 heterocycles. The number of benzene rings is 2. The summed E-state index contributed by atoms with van der Waals surface area (Å²) in [5, 5.41) is 9.13. The highest BCUT2D eigenvalue weighted by atomic mass is 127. The normalized spacial score (nSPS) is 11.1. The Labute approximate surface area is 119 Å². The second-order valence-electron chi connectivity index (χ2n) is 3.70. The van der Waals surface area contributed by atoms with Gasteiger partial charge in [0.2, 0.25) is 0 Å². The molecule has 88 valence electrons. The van der Waals surface area contributed by atoms with Gasteiger partial charge in [0.1, 0.15) is 5.82 Å². The fourth-order valence-electron chi connectivity index (χ4n) is 1.58. The van der Waals surface area contributed by atoms with Gasteiger partial charge < -0.3 is 0 Å². The minimum Gasteiger partial charge on any atom is -0.206 e. The predicted octanol–water partition coefficient (Wildman–Crippen LogP) is 4.49. The molecular weight excluding hydrogens is 340 g/mol. The second-order valence-corrected chi connectivity index (χ2v) is 4.95. The van der Waals surface area contributed by atoms with E-state index in [4.69, 9.17) is 5.26 Å². The van der Waals surface area contributed by atoms with Gasteiger partial charge >= 0.3 is 0 Å². The Bertz CT molecular complexity index is 624. The minimum atomic E-state index is -0.379. The van der Waals surface area contributed by atoms with Crippen LogP contribution >= 0.6 is 22.6 Å². The summed E-state index contributed by atoms with van der Waals surface area (Å²) >= 11 is 2.21. The Morgan fingerprint density at radius 2 is 1.78 bits per heavy atom. The van der Waals surface area contributed by atoms with E-state index in [1.54, 1.807) is 24.3 Å². The van der Waals surface area contributed by atoms with Gasteiger partial charge in [-0.15, -0.1) is 0 Å². The lowest BCUT2D eigenvalue weighted by Gasteiger charge is -2.01. The molecule has 0 fully saturated rings. The van der Waals surface area contributed by atoms with Crippen LogP contribution in [-0.4, -0.2) is 0 Å². The smallest absolute Gasteiger partial charge is 0.131 e. The standard InChI is InChI=1S/C15H9FIN/c16-15-4-2-1-3-14(15)12(10-18)9-11-5-7-13(17)8-6-11/h1-9H. The molecule has 0 N–H and O–H groups in total. The Morgan fingerprint density at radius 3 is 2.39 bits per heavy atom. The molecule has 0 saturated heterocycles. The van der Waals surface area contributed by atoms with Gasteiger partial charge in [-0.3, -0.25) is 0 Å². The molecule has 1 nitrogen and oxygen atoms in total. The molecule has 3 heteroatoms. The zero-order valence-corrected chi connectivity index (χ0v) is 11.6. The average molecular weight is 349 g/mol. The van der Waals surface area contributed by atoms with Crippen LogP contribution in [0.4, 0.5) is 4.39 Å². The Balaban J connectivity index is 2.44. The van der Waals surface area contributed by atoms with E-state index in [0.29, 0.717) is 11.1 Å². The van der Waals surface area contributed by atoms with E-state index in [1.807, 2.05) is 30.3 Å². The monoisotopic (exact) mass is 349 g/mol. The molecule has 0 saturated carbocycles. The topological polar surface area (TPSA) is 23.8 Å². The van der Waals surface area contributed by atoms with Crippen LogP contribution in [0.3, 0.4) is 0 Å². The molecule has 0 radical (unpaired) electrons. The highest BCUT2D eigenvalue weighted by Gasteiger charge is 2.06. The first-order valence-corrected chi connectivity index (χ1v) is 6.41. The van der Waals surface area contributed by atoms with E-state index in [9.17, 15) is 4.39 Å². The van der Waals surface area contributed by atoms with Gasteiger partial charge in [0.05, 0.1) is 11.6 Å². The Hall–Kier alpha value is -1.67. The first-order chi connectivity index (χ1) is 8.70. The van der Waals surface area contributed by atoms with Gasteiger partial charge in [-0.25, -0.2) is 4.39 Å². The van der Waals surface area contributed by atoms with E-state index >= 15 is 0 Å². The number of halogens is 2. The number of allylic oxidation sites excluding steroid dienone is 1. The molecule has 0 spiro atoms. The zero-order chi connectivity index (χ0) is 13.0. The Morgan fingerprint density at radius 1 is 1.11 bits per heavy atom. The zero-order valence-electron chi connectivity index (χ0n) is 9.40. The van der Waals surface area contributed by atoms with Gasteiger partial charge in [0.25, 0.3) is 0 Å². The van der Waals surface area contributed by atoms with E-state index < -0.39 is 0 Å². The molecule has 18 heavy (non-hydrogen) atoms. The quantitative estimate of drug-likeness (QED) is 0.445. The van der Waals surface area contributed by atoms with Crippen LogP contribution in [0.5, 0.6) is 0 Å². The van der Waals surface area contributed by atoms with Crippen molar-refractivity contribution in [2.75, 3.05) is 0 Å². The first-order valence-electron chi connectivity index (χ1n) is 5.33. The van der Waals surface area contributed by atoms with E-state index in [0.717, 1.165) is 9.13 Å². The Kier molecular flexibility index (Phi) is 4.11. The molecule has 0 aliphatic heterocycles. The fourth-order valence-corrected chi connectivity index (χ4v) is 1.94. The van der Waals surface area contributed by atoms with Crippen LogP contribution in [0.25, 0.3) is 11.6 Å². The predicted molar refractivity (Wildman–Crippen MR) is 79.0 cm³/mol. The third-order valence-corrected chi connectivity index (χ3v) is 3.18. The van der Waals surface area contributed by atoms with Crippen molar-refractivity contribution in [1.29, 1.82) is 5.26 Å². The summed E-state index contributed by atoms with van der Waals surface area (Å²) in [6, 6.07) is 16.0. The van der Waals surface area contributed by atoms with Crippen LogP contribution in [0, 0.1) is 20.7 Å². The van der Waals surface area contributed by atoms with Crippen LogP contribution in [0.15, 0.2) is 48.5 Å². The van der Waals surface area contributed by atoms with E-state index in [-0.39, 0.29) is 5.82 Å². The highest BCUT2D eigenvalue weighted by Crippen LogP contribution is 2.20. The van der Waals surface area contributed by atoms with Crippen molar-refractivity contribution >= 4 is 34.2 Å². The lowest BCUT2D eigenvalue weighted by atomic mass is 10.0. The molecule has 2 aromatic carbocycles. The van der Waals surface area contributed by atoms with Crippen molar-refractivity contribution in [2.24, 2.45) is 0 Å². The van der Waals surface area contributed by atoms with Gasteiger partial charge in [0.15, 0.2) is 0 Å². The number of rotatable bonds is 2. The largest absolute Gasteiger partial charge is 0.206 e. The number of hydrogen-bond acceptors (Lipinski definition) is 1. The first kappa shape index (κ1) is 12.8. The lowest BCUT2D eigenvalue weighted by Crippen LogP contribution is -1.87. The van der Waals surface area contributed by atoms with Crippen LogP contribution < -0.4 is 0 Å². The van der Waals surface area contributed by atoms with Crippen LogP contribution in [0.2, 0.25) is 0 Å². The fraction of sp³-hybridized carbons (Fsp3) is 0. The third kappa shape index (κ3) is 2.96. The number of hydrogen-bond donors (Lipinski definition) is 0. The van der Waals surface area contributed by atoms with Crippen LogP contribution in [0.1, 0.15) is 11.1 Å².